The fourth-order valence-electron chi connectivity index (χ4n) is 2.63. The fourth-order valence-corrected chi connectivity index (χ4v) is 2.99. The van der Waals surface area contributed by atoms with Crippen LogP contribution in [0.2, 0.25) is 10.0 Å². The van der Waals surface area contributed by atoms with Gasteiger partial charge in [-0.25, -0.2) is 15.0 Å². The highest BCUT2D eigenvalue weighted by Gasteiger charge is 2.31. The van der Waals surface area contributed by atoms with E-state index in [9.17, 15) is 13.2 Å². The first-order valence-electron chi connectivity index (χ1n) is 8.87. The Bertz CT molecular complexity index is 1040. The summed E-state index contributed by atoms with van der Waals surface area (Å²) >= 11 is 12.1. The lowest BCUT2D eigenvalue weighted by Crippen LogP contribution is -2.09. The van der Waals surface area contributed by atoms with Crippen LogP contribution in [0.4, 0.5) is 19.0 Å². The Labute approximate surface area is 181 Å². The van der Waals surface area contributed by atoms with Gasteiger partial charge in [0.1, 0.15) is 27.4 Å². The van der Waals surface area contributed by atoms with E-state index in [4.69, 9.17) is 27.9 Å². The molecule has 1 aromatic carbocycles. The van der Waals surface area contributed by atoms with Gasteiger partial charge in [-0.1, -0.05) is 35.3 Å². The number of aromatic nitrogens is 3. The lowest BCUT2D eigenvalue weighted by atomic mass is 10.1. The van der Waals surface area contributed by atoms with Gasteiger partial charge in [-0.2, -0.15) is 13.2 Å². The van der Waals surface area contributed by atoms with Crippen molar-refractivity contribution in [1.82, 2.24) is 15.0 Å². The number of hydrogen-bond acceptors (Lipinski definition) is 5. The van der Waals surface area contributed by atoms with Crippen LogP contribution in [0.3, 0.4) is 0 Å². The quantitative estimate of drug-likeness (QED) is 0.474. The molecule has 2 heterocycles. The molecule has 0 unspecified atom stereocenters. The number of nitrogens with zero attached hydrogens (tertiary/aromatic N) is 3. The third-order valence-electron chi connectivity index (χ3n) is 4.11. The maximum Gasteiger partial charge on any atom is 0.417 e. The molecular weight excluding hydrogens is 440 g/mol. The first kappa shape index (κ1) is 22.1. The molecule has 2 aromatic heterocycles. The lowest BCUT2D eigenvalue weighted by Gasteiger charge is -2.11. The molecule has 0 saturated heterocycles. The molecule has 0 saturated carbocycles. The molecule has 1 N–H and O–H groups in total. The van der Waals surface area contributed by atoms with E-state index in [0.29, 0.717) is 47.3 Å². The van der Waals surface area contributed by atoms with E-state index < -0.39 is 11.7 Å². The molecule has 0 atom stereocenters. The van der Waals surface area contributed by atoms with Crippen LogP contribution in [0.25, 0.3) is 0 Å². The molecule has 158 valence electrons. The van der Waals surface area contributed by atoms with Crippen LogP contribution in [0.15, 0.2) is 36.5 Å². The summed E-state index contributed by atoms with van der Waals surface area (Å²) in [5, 5.41) is 3.46. The van der Waals surface area contributed by atoms with Crippen LogP contribution in [0, 0.1) is 13.8 Å². The summed E-state index contributed by atoms with van der Waals surface area (Å²) < 4.78 is 43.5. The van der Waals surface area contributed by atoms with Gasteiger partial charge in [-0.15, -0.1) is 0 Å². The first-order valence-corrected chi connectivity index (χ1v) is 9.63. The standard InChI is InChI=1S/C20H17Cl2F3N4O/c1-11-17(22)18(29-12(2)28-11)26-8-7-13-3-5-15(6-4-13)30-19-16(21)9-14(10-27-19)20(23,24)25/h3-6,9-10H,7-8H2,1-2H3,(H,26,28,29). The van der Waals surface area contributed by atoms with E-state index in [-0.39, 0.29) is 10.9 Å². The minimum Gasteiger partial charge on any atom is -0.438 e. The van der Waals surface area contributed by atoms with Crippen LogP contribution in [-0.2, 0) is 12.6 Å². The maximum absolute atomic E-state index is 12.7. The van der Waals surface area contributed by atoms with Crippen molar-refractivity contribution in [2.75, 3.05) is 11.9 Å². The number of nitrogens with one attached hydrogen (secondary N) is 1. The number of anilines is 1. The summed E-state index contributed by atoms with van der Waals surface area (Å²) in [6.45, 7) is 4.21. The molecular formula is C20H17Cl2F3N4O. The maximum atomic E-state index is 12.7. The SMILES string of the molecule is Cc1nc(C)c(Cl)c(NCCc2ccc(Oc3ncc(C(F)(F)F)cc3Cl)cc2)n1. The first-order chi connectivity index (χ1) is 14.1. The Morgan fingerprint density at radius 1 is 1.07 bits per heavy atom. The molecule has 5 nitrogen and oxygen atoms in total. The van der Waals surface area contributed by atoms with E-state index in [1.165, 1.54) is 0 Å². The normalized spacial score (nSPS) is 11.4. The molecule has 0 radical (unpaired) electrons. The minimum absolute atomic E-state index is 0.0942. The van der Waals surface area contributed by atoms with Crippen molar-refractivity contribution < 1.29 is 17.9 Å². The van der Waals surface area contributed by atoms with Gasteiger partial charge in [0.15, 0.2) is 0 Å². The van der Waals surface area contributed by atoms with E-state index >= 15 is 0 Å². The van der Waals surface area contributed by atoms with Gasteiger partial charge in [0.25, 0.3) is 0 Å². The summed E-state index contributed by atoms with van der Waals surface area (Å²) in [6, 6.07) is 7.85. The summed E-state index contributed by atoms with van der Waals surface area (Å²) in [5.41, 5.74) is 0.792. The molecule has 3 rings (SSSR count). The smallest absolute Gasteiger partial charge is 0.417 e. The van der Waals surface area contributed by atoms with Gasteiger partial charge in [-0.3, -0.25) is 0 Å². The second-order valence-electron chi connectivity index (χ2n) is 6.45. The third kappa shape index (κ3) is 5.52. The summed E-state index contributed by atoms with van der Waals surface area (Å²) in [4.78, 5) is 12.2. The van der Waals surface area contributed by atoms with Crippen molar-refractivity contribution in [1.29, 1.82) is 0 Å². The Morgan fingerprint density at radius 2 is 1.77 bits per heavy atom. The molecule has 0 amide bonds. The molecule has 0 fully saturated rings. The number of benzene rings is 1. The highest BCUT2D eigenvalue weighted by atomic mass is 35.5. The van der Waals surface area contributed by atoms with Crippen LogP contribution < -0.4 is 10.1 Å². The number of pyridine rings is 1. The van der Waals surface area contributed by atoms with Crippen LogP contribution in [0.1, 0.15) is 22.6 Å². The van der Waals surface area contributed by atoms with Gasteiger partial charge >= 0.3 is 6.18 Å². The van der Waals surface area contributed by atoms with Gasteiger partial charge in [0, 0.05) is 12.7 Å². The predicted octanol–water partition coefficient (Wildman–Crippen LogP) is 6.26. The van der Waals surface area contributed by atoms with E-state index in [0.717, 1.165) is 11.6 Å². The molecule has 0 aliphatic rings. The molecule has 10 heteroatoms. The molecule has 0 aliphatic carbocycles. The summed E-state index contributed by atoms with van der Waals surface area (Å²) in [7, 11) is 0. The molecule has 30 heavy (non-hydrogen) atoms. The van der Waals surface area contributed by atoms with Crippen molar-refractivity contribution in [3.8, 4) is 11.6 Å². The van der Waals surface area contributed by atoms with E-state index in [2.05, 4.69) is 20.3 Å². The van der Waals surface area contributed by atoms with Gasteiger partial charge in [-0.05, 0) is 44.0 Å². The van der Waals surface area contributed by atoms with Crippen LogP contribution in [-0.4, -0.2) is 21.5 Å². The Balaban J connectivity index is 1.59. The van der Waals surface area contributed by atoms with E-state index in [1.54, 1.807) is 19.1 Å². The average Bonchev–Trinajstić information content (AvgIpc) is 2.67. The number of rotatable bonds is 6. The highest BCUT2D eigenvalue weighted by molar-refractivity contribution is 6.33. The zero-order chi connectivity index (χ0) is 21.9. The number of ether oxygens (including phenoxy) is 1. The average molecular weight is 457 g/mol. The highest BCUT2D eigenvalue weighted by Crippen LogP contribution is 2.34. The second kappa shape index (κ2) is 9.06. The van der Waals surface area contributed by atoms with Crippen molar-refractivity contribution in [2.24, 2.45) is 0 Å². The van der Waals surface area contributed by atoms with E-state index in [1.807, 2.05) is 19.1 Å². The number of alkyl halides is 3. The Hall–Kier alpha value is -2.58. The van der Waals surface area contributed by atoms with Gasteiger partial charge in [0.05, 0.1) is 11.3 Å². The Morgan fingerprint density at radius 3 is 2.40 bits per heavy atom. The molecule has 0 spiro atoms. The fraction of sp³-hybridized carbons (Fsp3) is 0.250. The summed E-state index contributed by atoms with van der Waals surface area (Å²) in [5.74, 6) is 1.54. The lowest BCUT2D eigenvalue weighted by molar-refractivity contribution is -0.137. The van der Waals surface area contributed by atoms with Crippen molar-refractivity contribution in [3.63, 3.8) is 0 Å². The van der Waals surface area contributed by atoms with Crippen LogP contribution in [0.5, 0.6) is 11.6 Å². The van der Waals surface area contributed by atoms with Crippen molar-refractivity contribution in [2.45, 2.75) is 26.4 Å². The topological polar surface area (TPSA) is 59.9 Å². The van der Waals surface area contributed by atoms with Crippen molar-refractivity contribution >= 4 is 29.0 Å². The van der Waals surface area contributed by atoms with Crippen molar-refractivity contribution in [3.05, 3.63) is 69.2 Å². The minimum atomic E-state index is -4.52. The summed E-state index contributed by atoms with van der Waals surface area (Å²) in [6.07, 6.45) is -3.14. The number of aryl methyl sites for hydroxylation is 2. The number of hydrogen-bond donors (Lipinski definition) is 1. The molecule has 0 aliphatic heterocycles. The number of halogens is 5. The zero-order valence-corrected chi connectivity index (χ0v) is 17.5. The second-order valence-corrected chi connectivity index (χ2v) is 7.24. The largest absolute Gasteiger partial charge is 0.438 e. The van der Waals surface area contributed by atoms with Gasteiger partial charge in [0.2, 0.25) is 5.88 Å². The Kier molecular flexibility index (Phi) is 6.67. The van der Waals surface area contributed by atoms with Crippen LogP contribution >= 0.6 is 23.2 Å². The molecule has 0 bridgehead atoms. The predicted molar refractivity (Wildman–Crippen MR) is 109 cm³/mol. The van der Waals surface area contributed by atoms with Gasteiger partial charge < -0.3 is 10.1 Å². The third-order valence-corrected chi connectivity index (χ3v) is 4.83. The molecule has 3 aromatic rings. The zero-order valence-electron chi connectivity index (χ0n) is 16.0. The monoisotopic (exact) mass is 456 g/mol.